The van der Waals surface area contributed by atoms with Crippen LogP contribution in [0.5, 0.6) is 11.5 Å². The summed E-state index contributed by atoms with van der Waals surface area (Å²) >= 11 is 7.75. The lowest BCUT2D eigenvalue weighted by Crippen LogP contribution is -2.42. The van der Waals surface area contributed by atoms with Gasteiger partial charge in [0.15, 0.2) is 17.6 Å². The van der Waals surface area contributed by atoms with Crippen molar-refractivity contribution in [3.63, 3.8) is 0 Å². The van der Waals surface area contributed by atoms with Crippen LogP contribution in [-0.2, 0) is 4.79 Å². The van der Waals surface area contributed by atoms with Crippen LogP contribution in [0.15, 0.2) is 85.1 Å². The van der Waals surface area contributed by atoms with E-state index in [0.717, 1.165) is 28.3 Å². The molecule has 1 saturated heterocycles. The first-order chi connectivity index (χ1) is 17.2. The number of carbonyl (C=O) groups is 1. The summed E-state index contributed by atoms with van der Waals surface area (Å²) in [6.45, 7) is 0.826. The average molecular weight is 504 g/mol. The van der Waals surface area contributed by atoms with Gasteiger partial charge in [-0.25, -0.2) is 4.68 Å². The zero-order chi connectivity index (χ0) is 23.8. The molecule has 2 aliphatic rings. The zero-order valence-electron chi connectivity index (χ0n) is 18.7. The Bertz CT molecular complexity index is 1360. The van der Waals surface area contributed by atoms with Gasteiger partial charge in [-0.1, -0.05) is 54.1 Å². The van der Waals surface area contributed by atoms with Crippen molar-refractivity contribution in [2.24, 2.45) is 0 Å². The van der Waals surface area contributed by atoms with Gasteiger partial charge in [0.05, 0.1) is 23.7 Å². The van der Waals surface area contributed by atoms with Crippen molar-refractivity contribution in [2.45, 2.75) is 11.5 Å². The number of para-hydroxylation sites is 3. The van der Waals surface area contributed by atoms with Crippen LogP contribution in [0.3, 0.4) is 0 Å². The maximum absolute atomic E-state index is 13.0. The second-order valence-corrected chi connectivity index (χ2v) is 9.93. The molecule has 2 unspecified atom stereocenters. The fourth-order valence-corrected chi connectivity index (χ4v) is 5.72. The molecule has 2 atom stereocenters. The molecule has 6 nitrogen and oxygen atoms in total. The molecule has 8 heteroatoms. The Morgan fingerprint density at radius 1 is 0.971 bits per heavy atom. The molecule has 2 aliphatic heterocycles. The third kappa shape index (κ3) is 4.37. The number of nitrogens with zero attached hydrogens (tertiary/aromatic N) is 3. The Kier molecular flexibility index (Phi) is 5.88. The maximum atomic E-state index is 13.0. The van der Waals surface area contributed by atoms with Gasteiger partial charge in [-0.05, 0) is 36.4 Å². The molecule has 0 N–H and O–H groups in total. The highest BCUT2D eigenvalue weighted by atomic mass is 35.5. The van der Waals surface area contributed by atoms with E-state index in [-0.39, 0.29) is 17.4 Å². The first-order valence-electron chi connectivity index (χ1n) is 11.4. The van der Waals surface area contributed by atoms with Crippen molar-refractivity contribution in [3.05, 3.63) is 95.6 Å². The monoisotopic (exact) mass is 503 g/mol. The summed E-state index contributed by atoms with van der Waals surface area (Å²) in [4.78, 5) is 14.9. The van der Waals surface area contributed by atoms with E-state index in [0.29, 0.717) is 29.7 Å². The summed E-state index contributed by atoms with van der Waals surface area (Å²) in [6, 6.07) is 25.2. The quantitative estimate of drug-likeness (QED) is 0.354. The molecule has 1 aromatic heterocycles. The number of benzene rings is 3. The first-order valence-corrected chi connectivity index (χ1v) is 12.8. The van der Waals surface area contributed by atoms with Gasteiger partial charge in [0.2, 0.25) is 5.91 Å². The molecule has 3 heterocycles. The summed E-state index contributed by atoms with van der Waals surface area (Å²) in [7, 11) is 0. The number of fused-ring (bicyclic) bond motifs is 1. The standard InChI is InChI=1S/C27H22ClN3O3S/c28-19-12-10-18(11-13-19)26-22(15-31(29-26)20-6-2-1-3-7-20)27-30(25(32)17-35-27)14-21-16-33-23-8-4-5-9-24(23)34-21/h1-13,15,21,27H,14,16-17H2. The predicted molar refractivity (Wildman–Crippen MR) is 137 cm³/mol. The van der Waals surface area contributed by atoms with Gasteiger partial charge < -0.3 is 14.4 Å². The molecule has 35 heavy (non-hydrogen) atoms. The predicted octanol–water partition coefficient (Wildman–Crippen LogP) is 5.61. The van der Waals surface area contributed by atoms with Crippen LogP contribution >= 0.6 is 23.4 Å². The third-order valence-electron chi connectivity index (χ3n) is 6.08. The summed E-state index contributed by atoms with van der Waals surface area (Å²) in [5.74, 6) is 1.93. The number of amides is 1. The van der Waals surface area contributed by atoms with Crippen molar-refractivity contribution in [1.29, 1.82) is 0 Å². The lowest BCUT2D eigenvalue weighted by molar-refractivity contribution is -0.129. The number of thioether (sulfide) groups is 1. The number of carbonyl (C=O) groups excluding carboxylic acids is 1. The van der Waals surface area contributed by atoms with Crippen LogP contribution in [0.1, 0.15) is 10.9 Å². The van der Waals surface area contributed by atoms with Crippen LogP contribution in [0, 0.1) is 0 Å². The van der Waals surface area contributed by atoms with E-state index >= 15 is 0 Å². The second-order valence-electron chi connectivity index (χ2n) is 8.43. The Morgan fingerprint density at radius 3 is 2.51 bits per heavy atom. The highest BCUT2D eigenvalue weighted by Gasteiger charge is 2.38. The Hall–Kier alpha value is -3.42. The Balaban J connectivity index is 1.34. The van der Waals surface area contributed by atoms with Crippen molar-refractivity contribution in [3.8, 4) is 28.4 Å². The van der Waals surface area contributed by atoms with Gasteiger partial charge in [0.25, 0.3) is 0 Å². The number of rotatable bonds is 5. The molecule has 0 aliphatic carbocycles. The molecule has 0 spiro atoms. The van der Waals surface area contributed by atoms with E-state index in [1.165, 1.54) is 0 Å². The van der Waals surface area contributed by atoms with E-state index < -0.39 is 0 Å². The molecule has 1 fully saturated rings. The third-order valence-corrected chi connectivity index (χ3v) is 7.57. The lowest BCUT2D eigenvalue weighted by Gasteiger charge is -2.32. The fraction of sp³-hybridized carbons (Fsp3) is 0.185. The topological polar surface area (TPSA) is 56.6 Å². The number of hydrogen-bond donors (Lipinski definition) is 0. The maximum Gasteiger partial charge on any atom is 0.233 e. The van der Waals surface area contributed by atoms with E-state index in [4.69, 9.17) is 26.2 Å². The summed E-state index contributed by atoms with van der Waals surface area (Å²) in [5.41, 5.74) is 3.71. The molecule has 0 saturated carbocycles. The van der Waals surface area contributed by atoms with E-state index in [2.05, 4.69) is 0 Å². The molecule has 6 rings (SSSR count). The highest BCUT2D eigenvalue weighted by Crippen LogP contribution is 2.43. The summed E-state index contributed by atoms with van der Waals surface area (Å²) in [6.07, 6.45) is 1.77. The van der Waals surface area contributed by atoms with E-state index in [1.54, 1.807) is 11.8 Å². The number of hydrogen-bond acceptors (Lipinski definition) is 5. The normalized spacial score (nSPS) is 19.2. The number of halogens is 1. The van der Waals surface area contributed by atoms with Gasteiger partial charge in [0.1, 0.15) is 12.0 Å². The molecule has 0 radical (unpaired) electrons. The van der Waals surface area contributed by atoms with Crippen molar-refractivity contribution in [1.82, 2.24) is 14.7 Å². The number of aromatic nitrogens is 2. The Labute approximate surface area is 212 Å². The average Bonchev–Trinajstić information content (AvgIpc) is 3.49. The second kappa shape index (κ2) is 9.32. The molecule has 176 valence electrons. The van der Waals surface area contributed by atoms with Crippen LogP contribution in [0.4, 0.5) is 0 Å². The van der Waals surface area contributed by atoms with Gasteiger partial charge in [-0.15, -0.1) is 11.8 Å². The molecule has 1 amide bonds. The van der Waals surface area contributed by atoms with Crippen LogP contribution in [0.25, 0.3) is 16.9 Å². The lowest BCUT2D eigenvalue weighted by atomic mass is 10.1. The molecule has 4 aromatic rings. The summed E-state index contributed by atoms with van der Waals surface area (Å²) in [5, 5.41) is 5.41. The van der Waals surface area contributed by atoms with Gasteiger partial charge in [0, 0.05) is 22.3 Å². The first kappa shape index (κ1) is 22.1. The number of ether oxygens (including phenoxy) is 2. The van der Waals surface area contributed by atoms with Gasteiger partial charge >= 0.3 is 0 Å². The van der Waals surface area contributed by atoms with E-state index in [1.807, 2.05) is 94.6 Å². The molecule has 0 bridgehead atoms. The van der Waals surface area contributed by atoms with Crippen molar-refractivity contribution < 1.29 is 14.3 Å². The highest BCUT2D eigenvalue weighted by molar-refractivity contribution is 8.00. The van der Waals surface area contributed by atoms with Crippen LogP contribution < -0.4 is 9.47 Å². The fourth-order valence-electron chi connectivity index (χ4n) is 4.39. The van der Waals surface area contributed by atoms with Crippen molar-refractivity contribution >= 4 is 29.3 Å². The van der Waals surface area contributed by atoms with Gasteiger partial charge in [-0.3, -0.25) is 4.79 Å². The molecular formula is C27H22ClN3O3S. The Morgan fingerprint density at radius 2 is 1.71 bits per heavy atom. The van der Waals surface area contributed by atoms with Crippen LogP contribution in [-0.4, -0.2) is 45.6 Å². The van der Waals surface area contributed by atoms with Crippen molar-refractivity contribution in [2.75, 3.05) is 18.9 Å². The smallest absolute Gasteiger partial charge is 0.233 e. The zero-order valence-corrected chi connectivity index (χ0v) is 20.3. The van der Waals surface area contributed by atoms with Gasteiger partial charge in [-0.2, -0.15) is 5.10 Å². The summed E-state index contributed by atoms with van der Waals surface area (Å²) < 4.78 is 13.9. The minimum absolute atomic E-state index is 0.0805. The largest absolute Gasteiger partial charge is 0.486 e. The minimum Gasteiger partial charge on any atom is -0.486 e. The van der Waals surface area contributed by atoms with Crippen LogP contribution in [0.2, 0.25) is 5.02 Å². The SMILES string of the molecule is O=C1CSC(c2cn(-c3ccccc3)nc2-c2ccc(Cl)cc2)N1CC1COc2ccccc2O1. The molecule has 3 aromatic carbocycles. The molecular weight excluding hydrogens is 482 g/mol. The van der Waals surface area contributed by atoms with E-state index in [9.17, 15) is 4.79 Å². The minimum atomic E-state index is -0.252.